The Morgan fingerprint density at radius 3 is 2.39 bits per heavy atom. The average Bonchev–Trinajstić information content (AvgIpc) is 3.24. The van der Waals surface area contributed by atoms with Crippen LogP contribution in [0.1, 0.15) is 18.4 Å². The Labute approximate surface area is 163 Å². The maximum Gasteiger partial charge on any atom is 0.312 e. The Morgan fingerprint density at radius 2 is 1.79 bits per heavy atom. The van der Waals surface area contributed by atoms with Gasteiger partial charge in [-0.15, -0.1) is 0 Å². The van der Waals surface area contributed by atoms with Crippen molar-refractivity contribution >= 4 is 15.7 Å². The molecule has 150 valence electrons. The molecule has 0 aliphatic carbocycles. The van der Waals surface area contributed by atoms with Gasteiger partial charge in [0.2, 0.25) is 10.0 Å². The molecule has 1 fully saturated rings. The maximum absolute atomic E-state index is 12.6. The van der Waals surface area contributed by atoms with Crippen molar-refractivity contribution in [3.05, 3.63) is 58.1 Å². The zero-order valence-electron chi connectivity index (χ0n) is 15.5. The molecule has 1 aliphatic heterocycles. The fraction of sp³-hybridized carbons (Fsp3) is 0.368. The van der Waals surface area contributed by atoms with Crippen molar-refractivity contribution in [2.75, 3.05) is 26.8 Å². The van der Waals surface area contributed by atoms with Gasteiger partial charge in [0.05, 0.1) is 23.5 Å². The molecule has 1 aliphatic rings. The first kappa shape index (κ1) is 20.1. The molecule has 9 heteroatoms. The van der Waals surface area contributed by atoms with Crippen LogP contribution in [-0.2, 0) is 16.4 Å². The number of nitro groups is 1. The molecule has 0 amide bonds. The molecule has 28 heavy (non-hydrogen) atoms. The number of hydrogen-bond donors (Lipinski definition) is 0. The molecule has 0 spiro atoms. The Bertz CT molecular complexity index is 937. The van der Waals surface area contributed by atoms with E-state index in [9.17, 15) is 18.5 Å². The van der Waals surface area contributed by atoms with Crippen molar-refractivity contribution in [2.45, 2.75) is 24.2 Å². The summed E-state index contributed by atoms with van der Waals surface area (Å²) in [7, 11) is -2.13. The van der Waals surface area contributed by atoms with Gasteiger partial charge < -0.3 is 9.47 Å². The number of ether oxygens (including phenoxy) is 2. The molecule has 8 nitrogen and oxygen atoms in total. The van der Waals surface area contributed by atoms with Crippen LogP contribution in [0.3, 0.4) is 0 Å². The van der Waals surface area contributed by atoms with Crippen LogP contribution in [0.15, 0.2) is 47.4 Å². The molecule has 0 atom stereocenters. The smallest absolute Gasteiger partial charge is 0.312 e. The minimum Gasteiger partial charge on any atom is -0.497 e. The lowest BCUT2D eigenvalue weighted by atomic mass is 10.1. The van der Waals surface area contributed by atoms with Gasteiger partial charge in [-0.3, -0.25) is 10.1 Å². The van der Waals surface area contributed by atoms with Crippen LogP contribution < -0.4 is 9.47 Å². The fourth-order valence-corrected chi connectivity index (χ4v) is 4.61. The van der Waals surface area contributed by atoms with Crippen LogP contribution in [-0.4, -0.2) is 44.5 Å². The van der Waals surface area contributed by atoms with Gasteiger partial charge in [-0.2, -0.15) is 4.31 Å². The first-order valence-electron chi connectivity index (χ1n) is 8.96. The lowest BCUT2D eigenvalue weighted by Gasteiger charge is -2.16. The third-order valence-corrected chi connectivity index (χ3v) is 6.53. The number of hydrogen-bond acceptors (Lipinski definition) is 6. The summed E-state index contributed by atoms with van der Waals surface area (Å²) in [5, 5.41) is 11.4. The second kappa shape index (κ2) is 8.57. The van der Waals surface area contributed by atoms with Crippen LogP contribution in [0.4, 0.5) is 5.69 Å². The lowest BCUT2D eigenvalue weighted by Crippen LogP contribution is -2.27. The van der Waals surface area contributed by atoms with Gasteiger partial charge in [-0.1, -0.05) is 12.1 Å². The molecule has 1 saturated heterocycles. The molecule has 0 radical (unpaired) electrons. The third-order valence-electron chi connectivity index (χ3n) is 4.64. The van der Waals surface area contributed by atoms with Gasteiger partial charge in [-0.25, -0.2) is 8.42 Å². The summed E-state index contributed by atoms with van der Waals surface area (Å²) >= 11 is 0. The number of methoxy groups -OCH3 is 1. The van der Waals surface area contributed by atoms with Crippen molar-refractivity contribution in [2.24, 2.45) is 0 Å². The summed E-state index contributed by atoms with van der Waals surface area (Å²) in [5.74, 6) is 0.800. The molecule has 0 saturated carbocycles. The van der Waals surface area contributed by atoms with E-state index in [2.05, 4.69) is 0 Å². The topological polar surface area (TPSA) is 99.0 Å². The maximum atomic E-state index is 12.6. The summed E-state index contributed by atoms with van der Waals surface area (Å²) in [6.45, 7) is 1.11. The van der Waals surface area contributed by atoms with E-state index in [1.807, 2.05) is 24.3 Å². The molecule has 0 bridgehead atoms. The van der Waals surface area contributed by atoms with Gasteiger partial charge in [0, 0.05) is 25.6 Å². The average molecular weight is 406 g/mol. The molecule has 1 heterocycles. The monoisotopic (exact) mass is 406 g/mol. The molecule has 2 aromatic carbocycles. The Balaban J connectivity index is 1.73. The number of rotatable bonds is 8. The zero-order chi connectivity index (χ0) is 20.1. The van der Waals surface area contributed by atoms with E-state index in [-0.39, 0.29) is 22.9 Å². The van der Waals surface area contributed by atoms with E-state index in [1.54, 1.807) is 7.11 Å². The molecule has 2 aromatic rings. The van der Waals surface area contributed by atoms with Gasteiger partial charge in [-0.05, 0) is 42.7 Å². The van der Waals surface area contributed by atoms with E-state index < -0.39 is 14.9 Å². The summed E-state index contributed by atoms with van der Waals surface area (Å²) < 4.78 is 37.3. The van der Waals surface area contributed by atoms with Crippen molar-refractivity contribution in [3.8, 4) is 11.5 Å². The predicted molar refractivity (Wildman–Crippen MR) is 103 cm³/mol. The second-order valence-corrected chi connectivity index (χ2v) is 8.38. The van der Waals surface area contributed by atoms with Gasteiger partial charge in [0.15, 0.2) is 5.75 Å². The van der Waals surface area contributed by atoms with E-state index >= 15 is 0 Å². The number of nitrogens with zero attached hydrogens (tertiary/aromatic N) is 2. The van der Waals surface area contributed by atoms with Crippen molar-refractivity contribution in [1.29, 1.82) is 0 Å². The number of nitro benzene ring substituents is 1. The third kappa shape index (κ3) is 4.42. The van der Waals surface area contributed by atoms with Crippen LogP contribution >= 0.6 is 0 Å². The number of benzene rings is 2. The standard InChI is InChI=1S/C19H22N2O6S/c1-26-16-6-4-15(5-7-16)10-13-27-19-9-8-17(14-18(19)21(22)23)28(24,25)20-11-2-3-12-20/h4-9,14H,2-3,10-13H2,1H3. The van der Waals surface area contributed by atoms with Crippen molar-refractivity contribution < 1.29 is 22.8 Å². The molecule has 0 N–H and O–H groups in total. The molecule has 0 aromatic heterocycles. The zero-order valence-corrected chi connectivity index (χ0v) is 16.4. The van der Waals surface area contributed by atoms with Crippen LogP contribution in [0.25, 0.3) is 0 Å². The minimum atomic E-state index is -3.72. The highest BCUT2D eigenvalue weighted by molar-refractivity contribution is 7.89. The number of sulfonamides is 1. The quantitative estimate of drug-likeness (QED) is 0.494. The fourth-order valence-electron chi connectivity index (χ4n) is 3.07. The van der Waals surface area contributed by atoms with Crippen LogP contribution in [0, 0.1) is 10.1 Å². The Morgan fingerprint density at radius 1 is 1.11 bits per heavy atom. The molecular formula is C19H22N2O6S. The molecular weight excluding hydrogens is 384 g/mol. The first-order valence-corrected chi connectivity index (χ1v) is 10.4. The Hall–Kier alpha value is -2.65. The van der Waals surface area contributed by atoms with Gasteiger partial charge >= 0.3 is 5.69 Å². The largest absolute Gasteiger partial charge is 0.497 e. The van der Waals surface area contributed by atoms with Crippen molar-refractivity contribution in [3.63, 3.8) is 0 Å². The summed E-state index contributed by atoms with van der Waals surface area (Å²) in [6, 6.07) is 11.2. The SMILES string of the molecule is COc1ccc(CCOc2ccc(S(=O)(=O)N3CCCC3)cc2[N+](=O)[O-])cc1. The molecule has 0 unspecified atom stereocenters. The van der Waals surface area contributed by atoms with Crippen molar-refractivity contribution in [1.82, 2.24) is 4.31 Å². The first-order chi connectivity index (χ1) is 13.4. The van der Waals surface area contributed by atoms with Crippen LogP contribution in [0.2, 0.25) is 0 Å². The Kier molecular flexibility index (Phi) is 6.15. The summed E-state index contributed by atoms with van der Waals surface area (Å²) in [4.78, 5) is 10.7. The molecule has 3 rings (SSSR count). The predicted octanol–water partition coefficient (Wildman–Crippen LogP) is 3.01. The second-order valence-electron chi connectivity index (χ2n) is 6.44. The normalized spacial score (nSPS) is 14.8. The lowest BCUT2D eigenvalue weighted by molar-refractivity contribution is -0.386. The highest BCUT2D eigenvalue weighted by Crippen LogP contribution is 2.32. The highest BCUT2D eigenvalue weighted by Gasteiger charge is 2.29. The van der Waals surface area contributed by atoms with E-state index in [1.165, 1.54) is 16.4 Å². The van der Waals surface area contributed by atoms with Gasteiger partial charge in [0.25, 0.3) is 0 Å². The summed E-state index contributed by atoms with van der Waals surface area (Å²) in [5.41, 5.74) is 0.645. The minimum absolute atomic E-state index is 0.0545. The van der Waals surface area contributed by atoms with E-state index in [4.69, 9.17) is 9.47 Å². The van der Waals surface area contributed by atoms with Crippen LogP contribution in [0.5, 0.6) is 11.5 Å². The highest BCUT2D eigenvalue weighted by atomic mass is 32.2. The summed E-state index contributed by atoms with van der Waals surface area (Å²) in [6.07, 6.45) is 2.15. The van der Waals surface area contributed by atoms with Gasteiger partial charge in [0.1, 0.15) is 5.75 Å². The van der Waals surface area contributed by atoms with E-state index in [0.717, 1.165) is 30.2 Å². The van der Waals surface area contributed by atoms with E-state index in [0.29, 0.717) is 19.5 Å².